The number of carboxylic acids is 1. The highest BCUT2D eigenvalue weighted by Gasteiger charge is 2.48. The summed E-state index contributed by atoms with van der Waals surface area (Å²) in [4.78, 5) is 25.1. The van der Waals surface area contributed by atoms with E-state index in [9.17, 15) is 60.7 Å². The van der Waals surface area contributed by atoms with Gasteiger partial charge in [-0.25, -0.2) is 4.79 Å². The number of aliphatic hydroxyl groups is 7. The summed E-state index contributed by atoms with van der Waals surface area (Å²) in [6.45, 7) is -0.784. The maximum atomic E-state index is 13.7. The van der Waals surface area contributed by atoms with Gasteiger partial charge in [0.05, 0.1) is 6.61 Å². The van der Waals surface area contributed by atoms with Crippen LogP contribution in [0.3, 0.4) is 0 Å². The summed E-state index contributed by atoms with van der Waals surface area (Å²) in [6, 6.07) is 7.07. The maximum Gasteiger partial charge on any atom is 0.335 e. The molecule has 2 aliphatic rings. The number of hydrogen-bond donors (Lipinski definition) is 10. The van der Waals surface area contributed by atoms with Crippen molar-refractivity contribution in [2.45, 2.75) is 61.4 Å². The molecule has 5 rings (SSSR count). The molecule has 10 N–H and O–H groups in total. The average molecular weight is 625 g/mol. The quantitative estimate of drug-likeness (QED) is 0.128. The first-order chi connectivity index (χ1) is 20.8. The smallest absolute Gasteiger partial charge is 0.335 e. The third-order valence-electron chi connectivity index (χ3n) is 7.18. The lowest BCUT2D eigenvalue weighted by Crippen LogP contribution is -2.61. The number of fused-ring (bicyclic) bond motifs is 1. The minimum absolute atomic E-state index is 0.125. The summed E-state index contributed by atoms with van der Waals surface area (Å²) in [6.07, 6.45) is -18.4. The predicted octanol–water partition coefficient (Wildman–Crippen LogP) is -2.68. The number of aromatic hydroxyl groups is 2. The topological polar surface area (TPSA) is 286 Å². The van der Waals surface area contributed by atoms with E-state index in [0.717, 1.165) is 12.1 Å². The lowest BCUT2D eigenvalue weighted by molar-refractivity contribution is -0.277. The Balaban J connectivity index is 1.58. The fraction of sp³-hybridized carbons (Fsp3) is 0.407. The highest BCUT2D eigenvalue weighted by atomic mass is 16.7. The zero-order valence-corrected chi connectivity index (χ0v) is 22.3. The molecule has 2 fully saturated rings. The van der Waals surface area contributed by atoms with Crippen LogP contribution in [-0.2, 0) is 14.3 Å². The van der Waals surface area contributed by atoms with Crippen LogP contribution in [0.2, 0.25) is 0 Å². The second kappa shape index (κ2) is 12.2. The summed E-state index contributed by atoms with van der Waals surface area (Å²) < 4.78 is 27.4. The Kier molecular flexibility index (Phi) is 8.67. The van der Waals surface area contributed by atoms with E-state index in [0.29, 0.717) is 0 Å². The van der Waals surface area contributed by atoms with Crippen molar-refractivity contribution in [1.29, 1.82) is 0 Å². The largest absolute Gasteiger partial charge is 0.508 e. The van der Waals surface area contributed by atoms with Gasteiger partial charge in [0.25, 0.3) is 0 Å². The van der Waals surface area contributed by atoms with E-state index in [2.05, 4.69) is 0 Å². The van der Waals surface area contributed by atoms with Crippen molar-refractivity contribution >= 4 is 16.9 Å². The molecule has 10 atom stereocenters. The van der Waals surface area contributed by atoms with Gasteiger partial charge in [-0.05, 0) is 24.3 Å². The van der Waals surface area contributed by atoms with E-state index < -0.39 is 96.3 Å². The van der Waals surface area contributed by atoms with Crippen LogP contribution in [0.4, 0.5) is 0 Å². The molecule has 17 heteroatoms. The van der Waals surface area contributed by atoms with Crippen molar-refractivity contribution in [1.82, 2.24) is 0 Å². The molecular formula is C27H28O17. The molecular weight excluding hydrogens is 596 g/mol. The first kappa shape index (κ1) is 31.4. The number of phenols is 2. The second-order valence-electron chi connectivity index (χ2n) is 10.1. The Hall–Kier alpha value is -4.04. The van der Waals surface area contributed by atoms with Crippen molar-refractivity contribution in [3.8, 4) is 34.3 Å². The van der Waals surface area contributed by atoms with Gasteiger partial charge in [0.2, 0.25) is 23.8 Å². The Morgan fingerprint density at radius 2 is 1.41 bits per heavy atom. The predicted molar refractivity (Wildman–Crippen MR) is 141 cm³/mol. The highest BCUT2D eigenvalue weighted by molar-refractivity contribution is 5.88. The monoisotopic (exact) mass is 624 g/mol. The van der Waals surface area contributed by atoms with Crippen LogP contribution in [-0.4, -0.2) is 125 Å². The van der Waals surface area contributed by atoms with Gasteiger partial charge in [0.15, 0.2) is 11.9 Å². The van der Waals surface area contributed by atoms with E-state index in [4.69, 9.17) is 23.4 Å². The van der Waals surface area contributed by atoms with Gasteiger partial charge < -0.3 is 74.4 Å². The van der Waals surface area contributed by atoms with E-state index in [1.165, 1.54) is 24.3 Å². The summed E-state index contributed by atoms with van der Waals surface area (Å²) in [5, 5.41) is 99.8. The van der Waals surface area contributed by atoms with Gasteiger partial charge >= 0.3 is 5.97 Å². The minimum Gasteiger partial charge on any atom is -0.508 e. The second-order valence-corrected chi connectivity index (χ2v) is 10.1. The number of aliphatic carboxylic acids is 1. The Morgan fingerprint density at radius 3 is 2.02 bits per heavy atom. The van der Waals surface area contributed by atoms with Gasteiger partial charge in [-0.3, -0.25) is 4.79 Å². The third-order valence-corrected chi connectivity index (χ3v) is 7.18. The maximum absolute atomic E-state index is 13.7. The summed E-state index contributed by atoms with van der Waals surface area (Å²) in [7, 11) is 0. The normalized spacial score (nSPS) is 32.3. The van der Waals surface area contributed by atoms with Crippen LogP contribution in [0.5, 0.6) is 23.0 Å². The zero-order valence-electron chi connectivity index (χ0n) is 22.3. The van der Waals surface area contributed by atoms with E-state index in [1.807, 2.05) is 0 Å². The molecule has 2 saturated heterocycles. The van der Waals surface area contributed by atoms with Gasteiger partial charge in [0.1, 0.15) is 70.9 Å². The average Bonchev–Trinajstić information content (AvgIpc) is 2.98. The molecule has 0 amide bonds. The van der Waals surface area contributed by atoms with Gasteiger partial charge in [0, 0.05) is 17.7 Å². The lowest BCUT2D eigenvalue weighted by atomic mass is 9.99. The molecule has 1 aromatic heterocycles. The molecule has 2 aliphatic heterocycles. The molecule has 0 radical (unpaired) electrons. The van der Waals surface area contributed by atoms with Crippen molar-refractivity contribution < 1.29 is 79.2 Å². The van der Waals surface area contributed by atoms with Crippen LogP contribution in [0, 0.1) is 0 Å². The first-order valence-corrected chi connectivity index (χ1v) is 13.0. The highest BCUT2D eigenvalue weighted by Crippen LogP contribution is 2.38. The van der Waals surface area contributed by atoms with Crippen LogP contribution < -0.4 is 14.9 Å². The van der Waals surface area contributed by atoms with Gasteiger partial charge in [-0.15, -0.1) is 0 Å². The minimum atomic E-state index is -1.99. The first-order valence-electron chi connectivity index (χ1n) is 13.0. The van der Waals surface area contributed by atoms with E-state index in [-0.39, 0.29) is 28.4 Å². The molecule has 3 heterocycles. The molecule has 0 spiro atoms. The number of ether oxygens (including phenoxy) is 4. The zero-order chi connectivity index (χ0) is 32.0. The molecule has 0 bridgehead atoms. The molecule has 238 valence electrons. The molecule has 2 aromatic carbocycles. The van der Waals surface area contributed by atoms with Crippen molar-refractivity contribution in [3.05, 3.63) is 46.6 Å². The van der Waals surface area contributed by atoms with E-state index >= 15 is 0 Å². The van der Waals surface area contributed by atoms with Crippen molar-refractivity contribution in [3.63, 3.8) is 0 Å². The van der Waals surface area contributed by atoms with Gasteiger partial charge in [-0.2, -0.15) is 0 Å². The standard InChI is InChI=1S/C27H28O17/c28-7-13-15(31)17(33)20(36)27(42-13)43-23-16(32)14-11(30)5-10(6-12(14)41-22(23)8-1-3-9(29)4-2-8)40-26-21(37)18(34)19(35)24(44-26)25(38)39/h1-6,13,15,17-21,24,26-31,33-37H,7H2,(H,38,39)/t13-,15-,17-,18+,19+,20-,21-,24-,26+,27+/m1/s1. The van der Waals surface area contributed by atoms with Crippen LogP contribution in [0.15, 0.2) is 45.6 Å². The number of hydrogen-bond acceptors (Lipinski definition) is 16. The fourth-order valence-electron chi connectivity index (χ4n) is 4.80. The molecule has 17 nitrogen and oxygen atoms in total. The number of aliphatic hydroxyl groups excluding tert-OH is 7. The van der Waals surface area contributed by atoms with Crippen LogP contribution in [0.25, 0.3) is 22.3 Å². The summed E-state index contributed by atoms with van der Waals surface area (Å²) in [5.74, 6) is -3.91. The molecule has 0 unspecified atom stereocenters. The lowest BCUT2D eigenvalue weighted by Gasteiger charge is -2.39. The Morgan fingerprint density at radius 1 is 0.795 bits per heavy atom. The molecule has 3 aromatic rings. The van der Waals surface area contributed by atoms with Gasteiger partial charge in [-0.1, -0.05) is 0 Å². The molecule has 0 aliphatic carbocycles. The van der Waals surface area contributed by atoms with Crippen LogP contribution >= 0.6 is 0 Å². The number of rotatable bonds is 7. The number of benzene rings is 2. The van der Waals surface area contributed by atoms with E-state index in [1.54, 1.807) is 0 Å². The SMILES string of the molecule is O=C(O)[C@@H]1O[C@H](Oc2cc(O)c3c(=O)c(O[C@@H]4O[C@H](CO)[C@@H](O)[C@@H](O)[C@H]4O)c(-c4ccc(O)cc4)oc3c2)[C@H](O)[C@@H](O)[C@@H]1O. The Labute approximate surface area is 245 Å². The molecule has 44 heavy (non-hydrogen) atoms. The number of phenolic OH excluding ortho intramolecular Hbond substituents is 2. The number of carbonyl (C=O) groups is 1. The molecule has 0 saturated carbocycles. The van der Waals surface area contributed by atoms with Crippen molar-refractivity contribution in [2.75, 3.05) is 6.61 Å². The third kappa shape index (κ3) is 5.63. The summed E-state index contributed by atoms with van der Waals surface area (Å²) >= 11 is 0. The Bertz CT molecular complexity index is 1570. The van der Waals surface area contributed by atoms with Crippen LogP contribution in [0.1, 0.15) is 0 Å². The summed E-state index contributed by atoms with van der Waals surface area (Å²) in [5.41, 5.74) is -1.26. The fourth-order valence-corrected chi connectivity index (χ4v) is 4.80. The van der Waals surface area contributed by atoms with Crippen molar-refractivity contribution in [2.24, 2.45) is 0 Å². The number of carboxylic acid groups (broad SMARTS) is 1.